The highest BCUT2D eigenvalue weighted by Gasteiger charge is 2.20. The number of primary amides is 1. The van der Waals surface area contributed by atoms with Crippen LogP contribution in [0.15, 0.2) is 63.8 Å². The van der Waals surface area contributed by atoms with Crippen molar-refractivity contribution in [2.24, 2.45) is 5.73 Å². The molecule has 0 saturated carbocycles. The zero-order valence-electron chi connectivity index (χ0n) is 22.9. The summed E-state index contributed by atoms with van der Waals surface area (Å²) in [6.45, 7) is 8.22. The molecule has 202 valence electrons. The fourth-order valence-corrected chi connectivity index (χ4v) is 4.52. The van der Waals surface area contributed by atoms with Gasteiger partial charge in [-0.1, -0.05) is 43.7 Å². The highest BCUT2D eigenvalue weighted by atomic mass is 16.5. The van der Waals surface area contributed by atoms with E-state index in [2.05, 4.69) is 11.4 Å². The normalized spacial score (nSPS) is 10.7. The Labute approximate surface area is 226 Å². The van der Waals surface area contributed by atoms with Crippen LogP contribution in [0.2, 0.25) is 0 Å². The van der Waals surface area contributed by atoms with Gasteiger partial charge in [-0.2, -0.15) is 0 Å². The van der Waals surface area contributed by atoms with Gasteiger partial charge in [0.05, 0.1) is 37.5 Å². The number of anilines is 2. The molecular formula is C30H32N4O5. The summed E-state index contributed by atoms with van der Waals surface area (Å²) >= 11 is 0. The van der Waals surface area contributed by atoms with Crippen molar-refractivity contribution in [2.45, 2.75) is 34.2 Å². The predicted octanol–water partition coefficient (Wildman–Crippen LogP) is 5.69. The van der Waals surface area contributed by atoms with Crippen molar-refractivity contribution in [3.05, 3.63) is 87.3 Å². The number of aryl methyl sites for hydroxylation is 2. The number of nitrogens with two attached hydrogens (primary N) is 1. The van der Waals surface area contributed by atoms with E-state index in [-0.39, 0.29) is 5.56 Å². The molecule has 0 aliphatic rings. The summed E-state index contributed by atoms with van der Waals surface area (Å²) in [5, 5.41) is 3.97. The van der Waals surface area contributed by atoms with Gasteiger partial charge in [0, 0.05) is 17.5 Å². The first-order valence-corrected chi connectivity index (χ1v) is 12.6. The second kappa shape index (κ2) is 11.3. The number of fused-ring (bicyclic) bond motifs is 2. The number of imidazole rings is 1. The van der Waals surface area contributed by atoms with Crippen LogP contribution in [-0.2, 0) is 6.54 Å². The summed E-state index contributed by atoms with van der Waals surface area (Å²) in [5.74, 6) is 0.988. The molecule has 0 atom stereocenters. The van der Waals surface area contributed by atoms with Crippen LogP contribution in [0, 0.1) is 13.8 Å². The second-order valence-corrected chi connectivity index (χ2v) is 8.79. The van der Waals surface area contributed by atoms with E-state index in [1.807, 2.05) is 55.7 Å². The van der Waals surface area contributed by atoms with Crippen molar-refractivity contribution >= 4 is 39.5 Å². The Morgan fingerprint density at radius 2 is 1.82 bits per heavy atom. The standard InChI is InChI=1S/C28H26N4O5.C2H6/c1-15-6-5-7-17(10-15)14-32-22-13-23-19(16(2)25(26(29)33)27(34)37-23)12-21(22)31-28(32)30-20-9-8-18(35-3)11-24(20)36-4;1-2/h5-13H,14H2,1-4H3,(H2,29,33)(H,30,31);1-2H3. The molecule has 5 aromatic rings. The van der Waals surface area contributed by atoms with Crippen molar-refractivity contribution in [2.75, 3.05) is 19.5 Å². The van der Waals surface area contributed by atoms with Crippen molar-refractivity contribution in [1.82, 2.24) is 9.55 Å². The first-order chi connectivity index (χ1) is 18.8. The Balaban J connectivity index is 0.00000172. The van der Waals surface area contributed by atoms with Crippen LogP contribution in [0.1, 0.15) is 40.9 Å². The average molecular weight is 529 g/mol. The van der Waals surface area contributed by atoms with E-state index in [9.17, 15) is 9.59 Å². The summed E-state index contributed by atoms with van der Waals surface area (Å²) < 4.78 is 18.4. The molecule has 39 heavy (non-hydrogen) atoms. The third-order valence-corrected chi connectivity index (χ3v) is 6.36. The Morgan fingerprint density at radius 3 is 2.49 bits per heavy atom. The minimum absolute atomic E-state index is 0.160. The van der Waals surface area contributed by atoms with E-state index in [1.54, 1.807) is 39.3 Å². The third-order valence-electron chi connectivity index (χ3n) is 6.36. The van der Waals surface area contributed by atoms with Crippen molar-refractivity contribution < 1.29 is 18.7 Å². The molecule has 0 bridgehead atoms. The Hall–Kier alpha value is -4.79. The molecule has 0 aliphatic carbocycles. The number of ether oxygens (including phenoxy) is 2. The Morgan fingerprint density at radius 1 is 1.05 bits per heavy atom. The van der Waals surface area contributed by atoms with Gasteiger partial charge in [-0.25, -0.2) is 9.78 Å². The maximum absolute atomic E-state index is 12.5. The molecule has 1 amide bonds. The molecule has 2 aromatic heterocycles. The first kappa shape index (κ1) is 27.3. The maximum Gasteiger partial charge on any atom is 0.349 e. The van der Waals surface area contributed by atoms with Crippen LogP contribution in [0.4, 0.5) is 11.6 Å². The van der Waals surface area contributed by atoms with Crippen LogP contribution in [0.25, 0.3) is 22.0 Å². The molecule has 0 aliphatic heterocycles. The minimum Gasteiger partial charge on any atom is -0.497 e. The molecular weight excluding hydrogens is 496 g/mol. The van der Waals surface area contributed by atoms with Crippen LogP contribution in [0.3, 0.4) is 0 Å². The number of methoxy groups -OCH3 is 2. The zero-order valence-corrected chi connectivity index (χ0v) is 22.9. The molecule has 0 unspecified atom stereocenters. The second-order valence-electron chi connectivity index (χ2n) is 8.79. The van der Waals surface area contributed by atoms with Crippen molar-refractivity contribution in [1.29, 1.82) is 0 Å². The highest BCUT2D eigenvalue weighted by Crippen LogP contribution is 2.34. The smallest absolute Gasteiger partial charge is 0.349 e. The molecule has 0 spiro atoms. The first-order valence-electron chi connectivity index (χ1n) is 12.6. The van der Waals surface area contributed by atoms with E-state index in [1.165, 1.54) is 0 Å². The monoisotopic (exact) mass is 528 g/mol. The van der Waals surface area contributed by atoms with Crippen LogP contribution in [-0.4, -0.2) is 29.7 Å². The lowest BCUT2D eigenvalue weighted by Gasteiger charge is -2.14. The van der Waals surface area contributed by atoms with Gasteiger partial charge in [0.2, 0.25) is 5.95 Å². The molecule has 0 radical (unpaired) electrons. The number of rotatable bonds is 7. The summed E-state index contributed by atoms with van der Waals surface area (Å²) in [6.07, 6.45) is 0. The maximum atomic E-state index is 12.5. The largest absolute Gasteiger partial charge is 0.497 e. The summed E-state index contributed by atoms with van der Waals surface area (Å²) in [4.78, 5) is 29.2. The zero-order chi connectivity index (χ0) is 28.3. The van der Waals surface area contributed by atoms with Gasteiger partial charge >= 0.3 is 5.63 Å². The number of benzene rings is 3. The quantitative estimate of drug-likeness (QED) is 0.260. The van der Waals surface area contributed by atoms with Gasteiger partial charge in [0.25, 0.3) is 5.91 Å². The number of carbonyl (C=O) groups is 1. The average Bonchev–Trinajstić information content (AvgIpc) is 3.24. The molecule has 2 heterocycles. The molecule has 5 rings (SSSR count). The minimum atomic E-state index is -0.827. The number of carbonyl (C=O) groups excluding carboxylic acids is 1. The fourth-order valence-electron chi connectivity index (χ4n) is 4.52. The van der Waals surface area contributed by atoms with Gasteiger partial charge in [-0.05, 0) is 43.2 Å². The van der Waals surface area contributed by atoms with Gasteiger partial charge in [0.15, 0.2) is 0 Å². The van der Waals surface area contributed by atoms with E-state index in [4.69, 9.17) is 24.6 Å². The van der Waals surface area contributed by atoms with E-state index in [0.29, 0.717) is 51.7 Å². The van der Waals surface area contributed by atoms with Gasteiger partial charge in [-0.3, -0.25) is 4.79 Å². The summed E-state index contributed by atoms with van der Waals surface area (Å²) in [6, 6.07) is 17.2. The van der Waals surface area contributed by atoms with Crippen LogP contribution >= 0.6 is 0 Å². The molecule has 0 fully saturated rings. The third kappa shape index (κ3) is 5.29. The SMILES string of the molecule is CC.COc1ccc(Nc2nc3cc4c(C)c(C(N)=O)c(=O)oc4cc3n2Cc2cccc(C)c2)c(OC)c1. The fraction of sp³-hybridized carbons (Fsp3) is 0.233. The highest BCUT2D eigenvalue weighted by molar-refractivity contribution is 6.01. The van der Waals surface area contributed by atoms with Gasteiger partial charge in [-0.15, -0.1) is 0 Å². The van der Waals surface area contributed by atoms with Crippen LogP contribution < -0.4 is 26.1 Å². The molecule has 9 heteroatoms. The lowest BCUT2D eigenvalue weighted by Crippen LogP contribution is -2.22. The van der Waals surface area contributed by atoms with Crippen molar-refractivity contribution in [3.63, 3.8) is 0 Å². The van der Waals surface area contributed by atoms with E-state index < -0.39 is 11.5 Å². The number of nitrogens with zero attached hydrogens (tertiary/aromatic N) is 2. The number of amides is 1. The lowest BCUT2D eigenvalue weighted by molar-refractivity contribution is 0.0996. The lowest BCUT2D eigenvalue weighted by atomic mass is 10.0. The molecule has 3 N–H and O–H groups in total. The summed E-state index contributed by atoms with van der Waals surface area (Å²) in [7, 11) is 3.18. The predicted molar refractivity (Wildman–Crippen MR) is 153 cm³/mol. The van der Waals surface area contributed by atoms with Gasteiger partial charge in [0.1, 0.15) is 22.6 Å². The van der Waals surface area contributed by atoms with Gasteiger partial charge < -0.3 is 29.5 Å². The molecule has 0 saturated heterocycles. The Kier molecular flexibility index (Phi) is 7.90. The number of aromatic nitrogens is 2. The molecule has 3 aromatic carbocycles. The topological polar surface area (TPSA) is 122 Å². The van der Waals surface area contributed by atoms with Crippen LogP contribution in [0.5, 0.6) is 11.5 Å². The number of hydrogen-bond donors (Lipinski definition) is 2. The van der Waals surface area contributed by atoms with E-state index in [0.717, 1.165) is 16.6 Å². The van der Waals surface area contributed by atoms with Crippen molar-refractivity contribution in [3.8, 4) is 11.5 Å². The van der Waals surface area contributed by atoms with E-state index >= 15 is 0 Å². The Bertz CT molecular complexity index is 1740. The molecule has 9 nitrogen and oxygen atoms in total. The summed E-state index contributed by atoms with van der Waals surface area (Å²) in [5.41, 5.74) is 9.63. The number of nitrogens with one attached hydrogen (secondary N) is 1. The number of hydrogen-bond acceptors (Lipinski definition) is 7.